The first-order valence-corrected chi connectivity index (χ1v) is 10.6. The molecule has 0 unspecified atom stereocenters. The normalized spacial score (nSPS) is 15.4. The minimum absolute atomic E-state index is 0.259. The van der Waals surface area contributed by atoms with E-state index in [2.05, 4.69) is 69.2 Å². The summed E-state index contributed by atoms with van der Waals surface area (Å²) in [6, 6.07) is 8.56. The van der Waals surface area contributed by atoms with Gasteiger partial charge < -0.3 is 9.41 Å². The van der Waals surface area contributed by atoms with Gasteiger partial charge in [-0.15, -0.1) is 0 Å². The Hall–Kier alpha value is -1.32. The van der Waals surface area contributed by atoms with Crippen molar-refractivity contribution in [1.29, 1.82) is 0 Å². The Bertz CT molecular complexity index is 704. The molecule has 0 bridgehead atoms. The highest BCUT2D eigenvalue weighted by molar-refractivity contribution is 6.74. The van der Waals surface area contributed by atoms with Crippen LogP contribution < -0.4 is 0 Å². The van der Waals surface area contributed by atoms with Crippen LogP contribution >= 0.6 is 0 Å². The fraction of sp³-hybridized carbons (Fsp3) is 0.444. The maximum absolute atomic E-state index is 6.38. The zero-order chi connectivity index (χ0) is 15.3. The molecule has 0 amide bonds. The van der Waals surface area contributed by atoms with E-state index in [1.807, 2.05) is 0 Å². The van der Waals surface area contributed by atoms with Crippen LogP contribution in [0.15, 0.2) is 30.3 Å². The summed E-state index contributed by atoms with van der Waals surface area (Å²) < 4.78 is 6.38. The molecule has 0 aliphatic heterocycles. The lowest BCUT2D eigenvalue weighted by atomic mass is 10.1. The van der Waals surface area contributed by atoms with E-state index in [9.17, 15) is 0 Å². The molecule has 0 saturated heterocycles. The van der Waals surface area contributed by atoms with E-state index in [-0.39, 0.29) is 5.04 Å². The fourth-order valence-corrected chi connectivity index (χ4v) is 3.57. The van der Waals surface area contributed by atoms with Gasteiger partial charge in [-0.1, -0.05) is 45.0 Å². The monoisotopic (exact) mass is 299 g/mol. The summed E-state index contributed by atoms with van der Waals surface area (Å²) in [6.45, 7) is 12.2. The van der Waals surface area contributed by atoms with Crippen LogP contribution in [0.5, 0.6) is 0 Å². The van der Waals surface area contributed by atoms with Crippen molar-refractivity contribution in [2.75, 3.05) is 6.61 Å². The zero-order valence-electron chi connectivity index (χ0n) is 13.7. The first-order chi connectivity index (χ1) is 9.79. The van der Waals surface area contributed by atoms with Crippen LogP contribution in [0.4, 0.5) is 0 Å². The Balaban J connectivity index is 1.82. The van der Waals surface area contributed by atoms with Crippen LogP contribution in [0.25, 0.3) is 16.5 Å². The van der Waals surface area contributed by atoms with Crippen LogP contribution in [0.1, 0.15) is 32.0 Å². The number of H-pyrrole nitrogens is 1. The number of nitrogens with one attached hydrogen (secondary N) is 1. The van der Waals surface area contributed by atoms with Gasteiger partial charge in [-0.3, -0.25) is 0 Å². The Morgan fingerprint density at radius 2 is 1.90 bits per heavy atom. The summed E-state index contributed by atoms with van der Waals surface area (Å²) in [5.41, 5.74) is 5.28. The van der Waals surface area contributed by atoms with Crippen molar-refractivity contribution in [3.63, 3.8) is 0 Å². The fourth-order valence-electron chi connectivity index (χ4n) is 2.62. The summed E-state index contributed by atoms with van der Waals surface area (Å²) in [7, 11) is -1.69. The Kier molecular flexibility index (Phi) is 3.38. The molecular formula is C18H25NOSi. The molecule has 1 aliphatic carbocycles. The lowest BCUT2D eigenvalue weighted by Gasteiger charge is -2.36. The SMILES string of the molecule is CC(C)(C)[Si](C)(C)OCC1=CCc2c1[nH]c1ccccc21. The van der Waals surface area contributed by atoms with Gasteiger partial charge in [0.1, 0.15) is 0 Å². The molecule has 0 spiro atoms. The number of hydrogen-bond donors (Lipinski definition) is 1. The maximum Gasteiger partial charge on any atom is 0.192 e. The van der Waals surface area contributed by atoms with E-state index in [4.69, 9.17) is 4.43 Å². The number of fused-ring (bicyclic) bond motifs is 3. The third-order valence-electron chi connectivity index (χ3n) is 5.08. The van der Waals surface area contributed by atoms with Crippen molar-refractivity contribution in [2.24, 2.45) is 0 Å². The van der Waals surface area contributed by atoms with E-state index in [0.29, 0.717) is 0 Å². The standard InChI is InChI=1S/C18H25NOSi/c1-18(2,3)21(4,5)20-12-13-10-11-15-14-8-6-7-9-16(14)19-17(13)15/h6-10,19H,11-12H2,1-5H3. The summed E-state index contributed by atoms with van der Waals surface area (Å²) in [4.78, 5) is 3.57. The lowest BCUT2D eigenvalue weighted by molar-refractivity contribution is 0.334. The van der Waals surface area contributed by atoms with Crippen LogP contribution in [0.2, 0.25) is 18.1 Å². The van der Waals surface area contributed by atoms with E-state index in [1.165, 1.54) is 27.7 Å². The van der Waals surface area contributed by atoms with Crippen molar-refractivity contribution >= 4 is 24.8 Å². The Labute approximate surface area is 128 Å². The van der Waals surface area contributed by atoms with Crippen molar-refractivity contribution < 1.29 is 4.43 Å². The molecule has 0 radical (unpaired) electrons. The van der Waals surface area contributed by atoms with E-state index in [0.717, 1.165) is 13.0 Å². The zero-order valence-corrected chi connectivity index (χ0v) is 14.7. The van der Waals surface area contributed by atoms with Crippen LogP contribution in [-0.2, 0) is 10.8 Å². The number of allylic oxidation sites excluding steroid dienone is 1. The van der Waals surface area contributed by atoms with Gasteiger partial charge in [-0.25, -0.2) is 0 Å². The lowest BCUT2D eigenvalue weighted by Crippen LogP contribution is -2.41. The smallest absolute Gasteiger partial charge is 0.192 e. The molecule has 1 aromatic carbocycles. The van der Waals surface area contributed by atoms with Crippen LogP contribution in [0.3, 0.4) is 0 Å². The molecule has 3 rings (SSSR count). The third-order valence-corrected chi connectivity index (χ3v) is 9.56. The summed E-state index contributed by atoms with van der Waals surface area (Å²) in [5.74, 6) is 0. The summed E-state index contributed by atoms with van der Waals surface area (Å²) in [6.07, 6.45) is 3.34. The maximum atomic E-state index is 6.38. The average Bonchev–Trinajstić information content (AvgIpc) is 2.94. The number of rotatable bonds is 3. The van der Waals surface area contributed by atoms with Gasteiger partial charge in [0.05, 0.1) is 6.61 Å². The van der Waals surface area contributed by atoms with Crippen molar-refractivity contribution in [1.82, 2.24) is 4.98 Å². The largest absolute Gasteiger partial charge is 0.412 e. The Morgan fingerprint density at radius 1 is 1.19 bits per heavy atom. The molecule has 0 saturated carbocycles. The molecule has 21 heavy (non-hydrogen) atoms. The highest BCUT2D eigenvalue weighted by atomic mass is 28.4. The van der Waals surface area contributed by atoms with Crippen molar-refractivity contribution in [3.05, 3.63) is 41.6 Å². The summed E-state index contributed by atoms with van der Waals surface area (Å²) in [5, 5.41) is 1.61. The minimum Gasteiger partial charge on any atom is -0.412 e. The first-order valence-electron chi connectivity index (χ1n) is 7.72. The minimum atomic E-state index is -1.69. The van der Waals surface area contributed by atoms with Crippen LogP contribution in [-0.4, -0.2) is 19.9 Å². The molecule has 1 N–H and O–H groups in total. The second kappa shape index (κ2) is 4.85. The Morgan fingerprint density at radius 3 is 2.62 bits per heavy atom. The van der Waals surface area contributed by atoms with Gasteiger partial charge in [-0.2, -0.15) is 0 Å². The third kappa shape index (κ3) is 2.49. The number of aromatic nitrogens is 1. The molecule has 0 fully saturated rings. The molecule has 1 aliphatic rings. The van der Waals surface area contributed by atoms with Gasteiger partial charge >= 0.3 is 0 Å². The predicted octanol–water partition coefficient (Wildman–Crippen LogP) is 5.13. The second-order valence-electron chi connectivity index (χ2n) is 7.51. The molecule has 2 aromatic rings. The van der Waals surface area contributed by atoms with Gasteiger partial charge in [-0.05, 0) is 41.8 Å². The van der Waals surface area contributed by atoms with Gasteiger partial charge in [0, 0.05) is 16.6 Å². The number of aromatic amines is 1. The second-order valence-corrected chi connectivity index (χ2v) is 12.3. The molecule has 0 atom stereocenters. The number of hydrogen-bond acceptors (Lipinski definition) is 1. The molecule has 2 nitrogen and oxygen atoms in total. The molecule has 3 heteroatoms. The summed E-state index contributed by atoms with van der Waals surface area (Å²) >= 11 is 0. The van der Waals surface area contributed by atoms with E-state index in [1.54, 1.807) is 0 Å². The van der Waals surface area contributed by atoms with Gasteiger partial charge in [0.2, 0.25) is 0 Å². The number of para-hydroxylation sites is 1. The molecular weight excluding hydrogens is 274 g/mol. The topological polar surface area (TPSA) is 25.0 Å². The van der Waals surface area contributed by atoms with Crippen molar-refractivity contribution in [2.45, 2.75) is 45.3 Å². The highest BCUT2D eigenvalue weighted by Crippen LogP contribution is 2.39. The van der Waals surface area contributed by atoms with E-state index < -0.39 is 8.32 Å². The average molecular weight is 299 g/mol. The highest BCUT2D eigenvalue weighted by Gasteiger charge is 2.37. The van der Waals surface area contributed by atoms with Crippen molar-refractivity contribution in [3.8, 4) is 0 Å². The predicted molar refractivity (Wildman–Crippen MR) is 93.1 cm³/mol. The molecule has 112 valence electrons. The quantitative estimate of drug-likeness (QED) is 0.781. The molecule has 1 heterocycles. The van der Waals surface area contributed by atoms with E-state index >= 15 is 0 Å². The number of benzene rings is 1. The van der Waals surface area contributed by atoms with Crippen LogP contribution in [0, 0.1) is 0 Å². The van der Waals surface area contributed by atoms with Gasteiger partial charge in [0.15, 0.2) is 8.32 Å². The first kappa shape index (κ1) is 14.6. The molecule has 1 aromatic heterocycles. The van der Waals surface area contributed by atoms with Gasteiger partial charge in [0.25, 0.3) is 0 Å².